The summed E-state index contributed by atoms with van der Waals surface area (Å²) < 4.78 is 13.9. The number of nitrogens with one attached hydrogen (secondary N) is 1. The number of aromatic nitrogens is 2. The molecule has 0 saturated heterocycles. The van der Waals surface area contributed by atoms with Gasteiger partial charge in [-0.15, -0.1) is 0 Å². The molecule has 0 fully saturated rings. The van der Waals surface area contributed by atoms with E-state index in [-0.39, 0.29) is 5.54 Å². The number of rotatable bonds is 5. The second-order valence-corrected chi connectivity index (χ2v) is 9.29. The normalized spacial score (nSPS) is 11.4. The summed E-state index contributed by atoms with van der Waals surface area (Å²) in [6.07, 6.45) is 1.98. The number of methoxy groups -OCH3 is 1. The van der Waals surface area contributed by atoms with Crippen LogP contribution in [0.25, 0.3) is 16.9 Å². The Labute approximate surface area is 195 Å². The smallest absolute Gasteiger partial charge is 0.347 e. The largest absolute Gasteiger partial charge is 0.496 e. The van der Waals surface area contributed by atoms with E-state index in [0.29, 0.717) is 17.1 Å². The third-order valence-corrected chi connectivity index (χ3v) is 5.19. The Bertz CT molecular complexity index is 1290. The molecule has 0 amide bonds. The topological polar surface area (TPSA) is 64.9 Å². The number of anilines is 1. The molecule has 0 bridgehead atoms. The highest BCUT2D eigenvalue weighted by atomic mass is 79.9. The SMILES string of the molecule is COc1ccccc1C(=O)Oc1cccc(-c2nc3ccc(Br)cn3c2NC(C)(C)C)c1. The predicted octanol–water partition coefficient (Wildman–Crippen LogP) is 6.20. The van der Waals surface area contributed by atoms with Crippen LogP contribution in [0.4, 0.5) is 5.82 Å². The first-order valence-corrected chi connectivity index (χ1v) is 11.0. The van der Waals surface area contributed by atoms with E-state index >= 15 is 0 Å². The van der Waals surface area contributed by atoms with Crippen molar-refractivity contribution in [3.63, 3.8) is 0 Å². The number of halogens is 1. The lowest BCUT2D eigenvalue weighted by atomic mass is 10.1. The number of nitrogens with zero attached hydrogens (tertiary/aromatic N) is 2. The van der Waals surface area contributed by atoms with Crippen molar-refractivity contribution in [3.05, 3.63) is 76.9 Å². The third kappa shape index (κ3) is 4.62. The molecule has 6 nitrogen and oxygen atoms in total. The molecule has 0 unspecified atom stereocenters. The first kappa shape index (κ1) is 21.9. The van der Waals surface area contributed by atoms with Gasteiger partial charge in [-0.3, -0.25) is 4.40 Å². The summed E-state index contributed by atoms with van der Waals surface area (Å²) in [5.41, 5.74) is 2.61. The van der Waals surface area contributed by atoms with Gasteiger partial charge in [-0.2, -0.15) is 0 Å². The number of benzene rings is 2. The van der Waals surface area contributed by atoms with E-state index in [0.717, 1.165) is 27.2 Å². The molecule has 2 heterocycles. The molecule has 0 atom stereocenters. The summed E-state index contributed by atoms with van der Waals surface area (Å²) in [5.74, 6) is 1.28. The van der Waals surface area contributed by atoms with Crippen LogP contribution < -0.4 is 14.8 Å². The summed E-state index contributed by atoms with van der Waals surface area (Å²) in [6.45, 7) is 6.29. The van der Waals surface area contributed by atoms with E-state index in [9.17, 15) is 4.79 Å². The van der Waals surface area contributed by atoms with Gasteiger partial charge < -0.3 is 14.8 Å². The van der Waals surface area contributed by atoms with E-state index in [4.69, 9.17) is 14.5 Å². The molecule has 7 heteroatoms. The standard InChI is InChI=1S/C25H24BrN3O3/c1-25(2,3)28-23-22(27-21-13-12-17(26)15-29(21)23)16-8-7-9-18(14-16)32-24(30)19-10-5-6-11-20(19)31-4/h5-15,28H,1-4H3. The number of ether oxygens (including phenoxy) is 2. The van der Waals surface area contributed by atoms with Crippen LogP contribution in [0.2, 0.25) is 0 Å². The number of carbonyl (C=O) groups excluding carboxylic acids is 1. The van der Waals surface area contributed by atoms with Crippen molar-refractivity contribution in [2.45, 2.75) is 26.3 Å². The molecule has 4 rings (SSSR count). The number of para-hydroxylation sites is 1. The molecule has 32 heavy (non-hydrogen) atoms. The van der Waals surface area contributed by atoms with Crippen molar-refractivity contribution in [3.8, 4) is 22.8 Å². The van der Waals surface area contributed by atoms with Crippen molar-refractivity contribution in [1.29, 1.82) is 0 Å². The fraction of sp³-hybridized carbons (Fsp3) is 0.200. The van der Waals surface area contributed by atoms with Crippen LogP contribution >= 0.6 is 15.9 Å². The van der Waals surface area contributed by atoms with Crippen LogP contribution in [0.1, 0.15) is 31.1 Å². The summed E-state index contributed by atoms with van der Waals surface area (Å²) >= 11 is 3.54. The van der Waals surface area contributed by atoms with Crippen molar-refractivity contribution in [1.82, 2.24) is 9.38 Å². The van der Waals surface area contributed by atoms with Crippen LogP contribution in [0.5, 0.6) is 11.5 Å². The number of imidazole rings is 1. The minimum atomic E-state index is -0.480. The van der Waals surface area contributed by atoms with Crippen LogP contribution in [-0.2, 0) is 0 Å². The van der Waals surface area contributed by atoms with Gasteiger partial charge in [-0.05, 0) is 73.1 Å². The maximum absolute atomic E-state index is 12.7. The van der Waals surface area contributed by atoms with Gasteiger partial charge in [0.1, 0.15) is 34.2 Å². The molecule has 0 aliphatic heterocycles. The molecule has 0 aliphatic rings. The number of carbonyl (C=O) groups is 1. The van der Waals surface area contributed by atoms with E-state index < -0.39 is 5.97 Å². The number of fused-ring (bicyclic) bond motifs is 1. The van der Waals surface area contributed by atoms with Crippen molar-refractivity contribution in [2.24, 2.45) is 0 Å². The lowest BCUT2D eigenvalue weighted by Gasteiger charge is -2.22. The molecular formula is C25H24BrN3O3. The van der Waals surface area contributed by atoms with Gasteiger partial charge in [-0.1, -0.05) is 24.3 Å². The number of pyridine rings is 1. The molecule has 0 aliphatic carbocycles. The van der Waals surface area contributed by atoms with Gasteiger partial charge >= 0.3 is 5.97 Å². The zero-order chi connectivity index (χ0) is 22.9. The maximum Gasteiger partial charge on any atom is 0.347 e. The van der Waals surface area contributed by atoms with Crippen LogP contribution in [0.3, 0.4) is 0 Å². The van der Waals surface area contributed by atoms with Gasteiger partial charge in [0.2, 0.25) is 0 Å². The fourth-order valence-corrected chi connectivity index (χ4v) is 3.71. The number of esters is 1. The zero-order valence-electron chi connectivity index (χ0n) is 18.3. The Balaban J connectivity index is 1.73. The average molecular weight is 494 g/mol. The monoisotopic (exact) mass is 493 g/mol. The van der Waals surface area contributed by atoms with Gasteiger partial charge in [-0.25, -0.2) is 9.78 Å². The Hall–Kier alpha value is -3.32. The summed E-state index contributed by atoms with van der Waals surface area (Å²) in [5, 5.41) is 3.55. The second kappa shape index (κ2) is 8.67. The number of hydrogen-bond donors (Lipinski definition) is 1. The van der Waals surface area contributed by atoms with Gasteiger partial charge in [0, 0.05) is 21.8 Å². The van der Waals surface area contributed by atoms with Crippen LogP contribution in [0.15, 0.2) is 71.3 Å². The highest BCUT2D eigenvalue weighted by molar-refractivity contribution is 9.10. The molecule has 0 saturated carbocycles. The van der Waals surface area contributed by atoms with Crippen molar-refractivity contribution < 1.29 is 14.3 Å². The summed E-state index contributed by atoms with van der Waals surface area (Å²) in [7, 11) is 1.53. The predicted molar refractivity (Wildman–Crippen MR) is 130 cm³/mol. The molecule has 4 aromatic rings. The fourth-order valence-electron chi connectivity index (χ4n) is 3.38. The summed E-state index contributed by atoms with van der Waals surface area (Å²) in [4.78, 5) is 17.6. The minimum absolute atomic E-state index is 0.180. The zero-order valence-corrected chi connectivity index (χ0v) is 19.9. The van der Waals surface area contributed by atoms with Gasteiger partial charge in [0.25, 0.3) is 0 Å². The first-order valence-electron chi connectivity index (χ1n) is 10.2. The van der Waals surface area contributed by atoms with E-state index in [1.807, 2.05) is 47.0 Å². The van der Waals surface area contributed by atoms with Crippen LogP contribution in [-0.4, -0.2) is 28.0 Å². The molecule has 0 radical (unpaired) electrons. The molecule has 1 N–H and O–H groups in total. The highest BCUT2D eigenvalue weighted by Crippen LogP contribution is 2.33. The Morgan fingerprint density at radius 3 is 2.59 bits per heavy atom. The van der Waals surface area contributed by atoms with E-state index in [1.165, 1.54) is 7.11 Å². The minimum Gasteiger partial charge on any atom is -0.496 e. The molecule has 0 spiro atoms. The van der Waals surface area contributed by atoms with Gasteiger partial charge in [0.05, 0.1) is 7.11 Å². The van der Waals surface area contributed by atoms with Gasteiger partial charge in [0.15, 0.2) is 0 Å². The summed E-state index contributed by atoms with van der Waals surface area (Å²) in [6, 6.07) is 18.3. The lowest BCUT2D eigenvalue weighted by molar-refractivity contribution is 0.0731. The average Bonchev–Trinajstić information content (AvgIpc) is 3.10. The molecule has 164 valence electrons. The van der Waals surface area contributed by atoms with Crippen LogP contribution in [0, 0.1) is 0 Å². The third-order valence-electron chi connectivity index (χ3n) is 4.72. The Morgan fingerprint density at radius 1 is 1.06 bits per heavy atom. The molecular weight excluding hydrogens is 470 g/mol. The Kier molecular flexibility index (Phi) is 5.93. The molecule has 2 aromatic heterocycles. The van der Waals surface area contributed by atoms with E-state index in [2.05, 4.69) is 42.0 Å². The van der Waals surface area contributed by atoms with E-state index in [1.54, 1.807) is 24.3 Å². The van der Waals surface area contributed by atoms with Crippen molar-refractivity contribution >= 4 is 33.4 Å². The number of hydrogen-bond acceptors (Lipinski definition) is 5. The molecule has 2 aromatic carbocycles. The highest BCUT2D eigenvalue weighted by Gasteiger charge is 2.20. The Morgan fingerprint density at radius 2 is 1.84 bits per heavy atom. The lowest BCUT2D eigenvalue weighted by Crippen LogP contribution is -2.27. The second-order valence-electron chi connectivity index (χ2n) is 8.38. The first-order chi connectivity index (χ1) is 15.2. The maximum atomic E-state index is 12.7. The quantitative estimate of drug-likeness (QED) is 0.264. The van der Waals surface area contributed by atoms with Crippen molar-refractivity contribution in [2.75, 3.05) is 12.4 Å².